The predicted molar refractivity (Wildman–Crippen MR) is 91.6 cm³/mol. The number of phenols is 1. The Morgan fingerprint density at radius 1 is 1.28 bits per heavy atom. The molecule has 0 aliphatic heterocycles. The van der Waals surface area contributed by atoms with Gasteiger partial charge >= 0.3 is 11.4 Å². The Hall–Kier alpha value is -3.46. The summed E-state index contributed by atoms with van der Waals surface area (Å²) in [4.78, 5) is 36.9. The zero-order valence-corrected chi connectivity index (χ0v) is 13.1. The molecule has 1 heterocycles. The van der Waals surface area contributed by atoms with E-state index in [9.17, 15) is 24.8 Å². The SMILES string of the molecule is O=c1[nH]c2ccccc2c(=O)n1N=Cc1cc(Cl)c(O)c([N+](=O)[O-])c1. The molecule has 0 spiro atoms. The summed E-state index contributed by atoms with van der Waals surface area (Å²) in [5.74, 6) is -0.676. The van der Waals surface area contributed by atoms with E-state index >= 15 is 0 Å². The van der Waals surface area contributed by atoms with Gasteiger partial charge in [-0.3, -0.25) is 14.9 Å². The highest BCUT2D eigenvalue weighted by molar-refractivity contribution is 6.32. The van der Waals surface area contributed by atoms with E-state index in [0.717, 1.165) is 12.3 Å². The van der Waals surface area contributed by atoms with Gasteiger partial charge < -0.3 is 10.1 Å². The van der Waals surface area contributed by atoms with Crippen LogP contribution in [0.1, 0.15) is 5.56 Å². The van der Waals surface area contributed by atoms with E-state index in [-0.39, 0.29) is 16.0 Å². The Morgan fingerprint density at radius 3 is 2.72 bits per heavy atom. The third kappa shape index (κ3) is 3.00. The Balaban J connectivity index is 2.12. The molecule has 0 saturated heterocycles. The molecule has 25 heavy (non-hydrogen) atoms. The Morgan fingerprint density at radius 2 is 2.00 bits per heavy atom. The number of fused-ring (bicyclic) bond motifs is 1. The van der Waals surface area contributed by atoms with E-state index in [1.165, 1.54) is 12.1 Å². The van der Waals surface area contributed by atoms with Gasteiger partial charge in [-0.2, -0.15) is 5.10 Å². The summed E-state index contributed by atoms with van der Waals surface area (Å²) in [6.45, 7) is 0. The molecule has 2 N–H and O–H groups in total. The third-order valence-corrected chi connectivity index (χ3v) is 3.66. The second kappa shape index (κ2) is 6.21. The first-order valence-corrected chi connectivity index (χ1v) is 7.21. The molecule has 0 aliphatic carbocycles. The first-order valence-electron chi connectivity index (χ1n) is 6.84. The molecule has 0 unspecified atom stereocenters. The minimum absolute atomic E-state index is 0.133. The van der Waals surface area contributed by atoms with E-state index in [1.807, 2.05) is 0 Å². The number of para-hydroxylation sites is 1. The molecule has 1 aromatic heterocycles. The van der Waals surface area contributed by atoms with E-state index in [4.69, 9.17) is 11.6 Å². The molecule has 126 valence electrons. The number of hydrogen-bond acceptors (Lipinski definition) is 6. The van der Waals surface area contributed by atoms with Gasteiger partial charge in [-0.25, -0.2) is 4.79 Å². The molecule has 10 heteroatoms. The molecule has 2 aromatic carbocycles. The van der Waals surface area contributed by atoms with Gasteiger partial charge in [0.1, 0.15) is 0 Å². The number of phenolic OH excluding ortho intramolecular Hbond substituents is 1. The van der Waals surface area contributed by atoms with Gasteiger partial charge in [0.25, 0.3) is 5.56 Å². The van der Waals surface area contributed by atoms with Gasteiger partial charge in [0.15, 0.2) is 0 Å². The molecule has 0 radical (unpaired) electrons. The van der Waals surface area contributed by atoms with E-state index in [1.54, 1.807) is 18.2 Å². The maximum Gasteiger partial charge on any atom is 0.349 e. The second-order valence-corrected chi connectivity index (χ2v) is 5.37. The van der Waals surface area contributed by atoms with E-state index in [0.29, 0.717) is 10.2 Å². The average molecular weight is 361 g/mol. The number of nitro benzene ring substituents is 1. The molecule has 0 aliphatic rings. The van der Waals surface area contributed by atoms with E-state index < -0.39 is 27.6 Å². The lowest BCUT2D eigenvalue weighted by Crippen LogP contribution is -2.32. The standard InChI is InChI=1S/C15H9ClN4O5/c16-10-5-8(6-12(13(10)21)20(24)25)7-17-19-14(22)9-3-1-2-4-11(9)18-15(19)23/h1-7,21H,(H,18,23). The van der Waals surface area contributed by atoms with Gasteiger partial charge in [0, 0.05) is 11.6 Å². The minimum Gasteiger partial charge on any atom is -0.501 e. The number of aromatic nitrogens is 2. The highest BCUT2D eigenvalue weighted by Crippen LogP contribution is 2.34. The number of rotatable bonds is 3. The molecule has 0 saturated carbocycles. The van der Waals surface area contributed by atoms with Gasteiger partial charge in [0.05, 0.1) is 27.1 Å². The number of nitrogens with one attached hydrogen (secondary N) is 1. The molecule has 0 bridgehead atoms. The van der Waals surface area contributed by atoms with Crippen LogP contribution in [0.4, 0.5) is 5.69 Å². The zero-order valence-electron chi connectivity index (χ0n) is 12.3. The molecule has 0 amide bonds. The van der Waals surface area contributed by atoms with Gasteiger partial charge in [-0.05, 0) is 18.2 Å². The van der Waals surface area contributed by atoms with Crippen molar-refractivity contribution in [3.05, 3.63) is 77.9 Å². The Labute approximate surface area is 143 Å². The predicted octanol–water partition coefficient (Wildman–Crippen LogP) is 1.84. The van der Waals surface area contributed by atoms with Crippen LogP contribution in [0, 0.1) is 10.1 Å². The first kappa shape index (κ1) is 16.4. The Bertz CT molecular complexity index is 1150. The number of halogens is 1. The van der Waals surface area contributed by atoms with Crippen molar-refractivity contribution in [3.8, 4) is 5.75 Å². The molecular weight excluding hydrogens is 352 g/mol. The van der Waals surface area contributed by atoms with Crippen LogP contribution in [0.25, 0.3) is 10.9 Å². The number of nitro groups is 1. The summed E-state index contributed by atoms with van der Waals surface area (Å²) in [7, 11) is 0. The molecule has 3 rings (SSSR count). The van der Waals surface area contributed by atoms with Crippen molar-refractivity contribution in [2.45, 2.75) is 0 Å². The first-order chi connectivity index (χ1) is 11.9. The fraction of sp³-hybridized carbons (Fsp3) is 0. The van der Waals surface area contributed by atoms with Crippen LogP contribution in [-0.4, -0.2) is 25.9 Å². The molecular formula is C15H9ClN4O5. The quantitative estimate of drug-likeness (QED) is 0.418. The number of aromatic hydroxyl groups is 1. The zero-order chi connectivity index (χ0) is 18.1. The largest absolute Gasteiger partial charge is 0.501 e. The molecule has 0 fully saturated rings. The van der Waals surface area contributed by atoms with Crippen LogP contribution in [-0.2, 0) is 0 Å². The van der Waals surface area contributed by atoms with Crippen LogP contribution in [0.5, 0.6) is 5.75 Å². The lowest BCUT2D eigenvalue weighted by Gasteiger charge is -2.02. The third-order valence-electron chi connectivity index (χ3n) is 3.37. The molecule has 3 aromatic rings. The number of aromatic amines is 1. The number of nitrogens with zero attached hydrogens (tertiary/aromatic N) is 3. The van der Waals surface area contributed by atoms with Crippen LogP contribution >= 0.6 is 11.6 Å². The average Bonchev–Trinajstić information content (AvgIpc) is 2.57. The minimum atomic E-state index is -0.812. The van der Waals surface area contributed by atoms with Crippen molar-refractivity contribution < 1.29 is 10.0 Å². The maximum atomic E-state index is 12.3. The lowest BCUT2D eigenvalue weighted by molar-refractivity contribution is -0.385. The van der Waals surface area contributed by atoms with Crippen molar-refractivity contribution in [1.82, 2.24) is 9.66 Å². The summed E-state index contributed by atoms with van der Waals surface area (Å²) >= 11 is 5.73. The maximum absolute atomic E-state index is 12.3. The van der Waals surface area contributed by atoms with Gasteiger partial charge in [-0.15, -0.1) is 4.68 Å². The summed E-state index contributed by atoms with van der Waals surface area (Å²) in [6.07, 6.45) is 1.06. The van der Waals surface area contributed by atoms with Crippen LogP contribution in [0.15, 0.2) is 51.1 Å². The molecule has 9 nitrogen and oxygen atoms in total. The fourth-order valence-corrected chi connectivity index (χ4v) is 2.42. The van der Waals surface area contributed by atoms with Crippen molar-refractivity contribution in [2.24, 2.45) is 5.10 Å². The summed E-state index contributed by atoms with van der Waals surface area (Å²) in [5, 5.41) is 24.2. The fourth-order valence-electron chi connectivity index (χ4n) is 2.20. The highest BCUT2D eigenvalue weighted by Gasteiger charge is 2.17. The smallest absolute Gasteiger partial charge is 0.349 e. The highest BCUT2D eigenvalue weighted by atomic mass is 35.5. The number of hydrogen-bond donors (Lipinski definition) is 2. The van der Waals surface area contributed by atoms with Crippen LogP contribution in [0.3, 0.4) is 0 Å². The second-order valence-electron chi connectivity index (χ2n) is 4.96. The van der Waals surface area contributed by atoms with Gasteiger partial charge in [-0.1, -0.05) is 23.7 Å². The normalized spacial score (nSPS) is 11.2. The summed E-state index contributed by atoms with van der Waals surface area (Å²) in [6, 6.07) is 8.65. The topological polar surface area (TPSA) is 131 Å². The molecule has 0 atom stereocenters. The summed E-state index contributed by atoms with van der Waals surface area (Å²) < 4.78 is 0.592. The van der Waals surface area contributed by atoms with Crippen molar-refractivity contribution in [2.75, 3.05) is 0 Å². The lowest BCUT2D eigenvalue weighted by atomic mass is 10.2. The van der Waals surface area contributed by atoms with Crippen molar-refractivity contribution in [1.29, 1.82) is 0 Å². The number of H-pyrrole nitrogens is 1. The Kier molecular flexibility index (Phi) is 4.07. The number of benzene rings is 2. The summed E-state index contributed by atoms with van der Waals surface area (Å²) in [5.41, 5.74) is -1.52. The van der Waals surface area contributed by atoms with Gasteiger partial charge in [0.2, 0.25) is 5.75 Å². The van der Waals surface area contributed by atoms with E-state index in [2.05, 4.69) is 10.1 Å². The van der Waals surface area contributed by atoms with Crippen molar-refractivity contribution >= 4 is 34.4 Å². The van der Waals surface area contributed by atoms with Crippen LogP contribution < -0.4 is 11.2 Å². The monoisotopic (exact) mass is 360 g/mol. The van der Waals surface area contributed by atoms with Crippen molar-refractivity contribution in [3.63, 3.8) is 0 Å². The van der Waals surface area contributed by atoms with Crippen LogP contribution in [0.2, 0.25) is 5.02 Å².